The molecule has 0 unspecified atom stereocenters. The number of hydrogen-bond donors (Lipinski definition) is 0. The topological polar surface area (TPSA) is 87.2 Å². The van der Waals surface area contributed by atoms with Gasteiger partial charge in [0.25, 0.3) is 0 Å². The quantitative estimate of drug-likeness (QED) is 0.537. The first kappa shape index (κ1) is 20.4. The number of urea groups is 1. The fourth-order valence-electron chi connectivity index (χ4n) is 3.17. The monoisotopic (exact) mass is 375 g/mol. The molecular formula is C19H25N3O5. The summed E-state index contributed by atoms with van der Waals surface area (Å²) in [5.74, 6) is -2.10. The van der Waals surface area contributed by atoms with Gasteiger partial charge in [-0.2, -0.15) is 0 Å². The first-order chi connectivity index (χ1) is 12.7. The number of carbonyl (C=O) groups excluding carboxylic acids is 4. The average Bonchev–Trinajstić information content (AvgIpc) is 2.79. The van der Waals surface area contributed by atoms with Crippen molar-refractivity contribution in [2.45, 2.75) is 46.7 Å². The van der Waals surface area contributed by atoms with E-state index >= 15 is 0 Å². The fourth-order valence-corrected chi connectivity index (χ4v) is 3.17. The second kappa shape index (κ2) is 8.20. The number of hydrogen-bond acceptors (Lipinski definition) is 5. The van der Waals surface area contributed by atoms with E-state index < -0.39 is 30.3 Å². The van der Waals surface area contributed by atoms with Gasteiger partial charge in [-0.25, -0.2) is 14.6 Å². The summed E-state index contributed by atoms with van der Waals surface area (Å²) in [7, 11) is 0. The molecule has 0 spiro atoms. The molecule has 0 atom stereocenters. The van der Waals surface area contributed by atoms with Gasteiger partial charge in [-0.3, -0.25) is 14.4 Å². The smallest absolute Gasteiger partial charge is 0.339 e. The minimum Gasteiger partial charge on any atom is -0.492 e. The third-order valence-electron chi connectivity index (χ3n) is 4.15. The van der Waals surface area contributed by atoms with Crippen LogP contribution >= 0.6 is 0 Å². The number of benzene rings is 1. The maximum atomic E-state index is 12.8. The van der Waals surface area contributed by atoms with Gasteiger partial charge in [0.15, 0.2) is 0 Å². The zero-order valence-electron chi connectivity index (χ0n) is 16.3. The first-order valence-electron chi connectivity index (χ1n) is 8.93. The van der Waals surface area contributed by atoms with Gasteiger partial charge in [0.2, 0.25) is 5.91 Å². The van der Waals surface area contributed by atoms with E-state index in [2.05, 4.69) is 0 Å². The van der Waals surface area contributed by atoms with Gasteiger partial charge in [-0.1, -0.05) is 12.1 Å². The molecule has 0 aliphatic carbocycles. The van der Waals surface area contributed by atoms with Crippen molar-refractivity contribution in [1.82, 2.24) is 9.80 Å². The molecule has 27 heavy (non-hydrogen) atoms. The van der Waals surface area contributed by atoms with Gasteiger partial charge in [-0.15, -0.1) is 0 Å². The molecule has 1 aromatic carbocycles. The van der Waals surface area contributed by atoms with Crippen LogP contribution in [-0.2, 0) is 14.4 Å². The lowest BCUT2D eigenvalue weighted by Gasteiger charge is -2.31. The summed E-state index contributed by atoms with van der Waals surface area (Å²) in [4.78, 5) is 53.2. The predicted octanol–water partition coefficient (Wildman–Crippen LogP) is 2.03. The summed E-state index contributed by atoms with van der Waals surface area (Å²) in [6, 6.07) is 5.41. The SMILES string of the molecule is CCOc1ccccc1N1C(=O)C(=O)N(CC(=O)N(C(C)C)C(C)C)C1=O. The molecule has 1 fully saturated rings. The molecule has 1 heterocycles. The van der Waals surface area contributed by atoms with Crippen LogP contribution in [0.3, 0.4) is 0 Å². The number of carbonyl (C=O) groups is 4. The molecule has 0 N–H and O–H groups in total. The molecule has 0 bridgehead atoms. The lowest BCUT2D eigenvalue weighted by Crippen LogP contribution is -2.48. The van der Waals surface area contributed by atoms with E-state index in [1.807, 2.05) is 27.7 Å². The van der Waals surface area contributed by atoms with Crippen LogP contribution in [0.4, 0.5) is 10.5 Å². The highest BCUT2D eigenvalue weighted by Gasteiger charge is 2.47. The number of rotatable bonds is 7. The van der Waals surface area contributed by atoms with Crippen molar-refractivity contribution in [3.05, 3.63) is 24.3 Å². The van der Waals surface area contributed by atoms with E-state index in [-0.39, 0.29) is 17.8 Å². The third-order valence-corrected chi connectivity index (χ3v) is 4.15. The average molecular weight is 375 g/mol. The van der Waals surface area contributed by atoms with Gasteiger partial charge in [0.1, 0.15) is 12.3 Å². The van der Waals surface area contributed by atoms with Crippen molar-refractivity contribution in [2.24, 2.45) is 0 Å². The molecule has 1 aliphatic heterocycles. The van der Waals surface area contributed by atoms with E-state index in [1.54, 1.807) is 30.0 Å². The summed E-state index contributed by atoms with van der Waals surface area (Å²) in [6.45, 7) is 9.02. The van der Waals surface area contributed by atoms with Gasteiger partial charge in [-0.05, 0) is 46.8 Å². The minimum atomic E-state index is -1.02. The Bertz CT molecular complexity index is 751. The number of amides is 5. The van der Waals surface area contributed by atoms with Crippen LogP contribution in [-0.4, -0.2) is 58.8 Å². The van der Waals surface area contributed by atoms with E-state index in [0.29, 0.717) is 17.3 Å². The summed E-state index contributed by atoms with van der Waals surface area (Å²) >= 11 is 0. The number of para-hydroxylation sites is 2. The van der Waals surface area contributed by atoms with Gasteiger partial charge >= 0.3 is 17.8 Å². The lowest BCUT2D eigenvalue weighted by atomic mass is 10.2. The summed E-state index contributed by atoms with van der Waals surface area (Å²) in [6.07, 6.45) is 0. The summed E-state index contributed by atoms with van der Waals surface area (Å²) < 4.78 is 5.45. The van der Waals surface area contributed by atoms with Crippen molar-refractivity contribution < 1.29 is 23.9 Å². The Labute approximate surface area is 158 Å². The standard InChI is InChI=1S/C19H25N3O5/c1-6-27-15-10-8-7-9-14(15)22-18(25)17(24)20(19(22)26)11-16(23)21(12(2)3)13(4)5/h7-10,12-13H,6,11H2,1-5H3. The molecular weight excluding hydrogens is 350 g/mol. The highest BCUT2D eigenvalue weighted by atomic mass is 16.5. The fraction of sp³-hybridized carbons (Fsp3) is 0.474. The maximum absolute atomic E-state index is 12.8. The van der Waals surface area contributed by atoms with E-state index in [9.17, 15) is 19.2 Å². The van der Waals surface area contributed by atoms with Crippen molar-refractivity contribution in [3.63, 3.8) is 0 Å². The summed E-state index contributed by atoms with van der Waals surface area (Å²) in [5, 5.41) is 0. The third kappa shape index (κ3) is 3.94. The van der Waals surface area contributed by atoms with Gasteiger partial charge < -0.3 is 9.64 Å². The van der Waals surface area contributed by atoms with E-state index in [4.69, 9.17) is 4.74 Å². The number of ether oxygens (including phenoxy) is 1. The largest absolute Gasteiger partial charge is 0.492 e. The van der Waals surface area contributed by atoms with Crippen LogP contribution in [0.1, 0.15) is 34.6 Å². The van der Waals surface area contributed by atoms with Crippen LogP contribution in [0.25, 0.3) is 0 Å². The van der Waals surface area contributed by atoms with Crippen molar-refractivity contribution in [2.75, 3.05) is 18.1 Å². The normalized spacial score (nSPS) is 14.6. The van der Waals surface area contributed by atoms with E-state index in [1.165, 1.54) is 6.07 Å². The second-order valence-corrected chi connectivity index (χ2v) is 6.70. The highest BCUT2D eigenvalue weighted by molar-refractivity contribution is 6.53. The van der Waals surface area contributed by atoms with Gasteiger partial charge in [0.05, 0.1) is 12.3 Å². The van der Waals surface area contributed by atoms with Crippen molar-refractivity contribution in [1.29, 1.82) is 0 Å². The number of nitrogens with zero attached hydrogens (tertiary/aromatic N) is 3. The Morgan fingerprint density at radius 3 is 2.19 bits per heavy atom. The molecule has 1 aromatic rings. The predicted molar refractivity (Wildman–Crippen MR) is 99.3 cm³/mol. The molecule has 0 radical (unpaired) electrons. The highest BCUT2D eigenvalue weighted by Crippen LogP contribution is 2.31. The molecule has 0 aromatic heterocycles. The minimum absolute atomic E-state index is 0.101. The molecule has 2 rings (SSSR count). The molecule has 5 amide bonds. The first-order valence-corrected chi connectivity index (χ1v) is 8.93. The van der Waals surface area contributed by atoms with Crippen molar-refractivity contribution >= 4 is 29.4 Å². The Morgan fingerprint density at radius 2 is 1.63 bits per heavy atom. The van der Waals surface area contributed by atoms with Crippen LogP contribution in [0.2, 0.25) is 0 Å². The number of imide groups is 2. The Hall–Kier alpha value is -2.90. The van der Waals surface area contributed by atoms with Crippen LogP contribution < -0.4 is 9.64 Å². The summed E-state index contributed by atoms with van der Waals surface area (Å²) in [5.41, 5.74) is 0.183. The molecule has 146 valence electrons. The molecule has 1 saturated heterocycles. The van der Waals surface area contributed by atoms with Crippen LogP contribution in [0.5, 0.6) is 5.75 Å². The zero-order chi connectivity index (χ0) is 20.3. The number of anilines is 1. The van der Waals surface area contributed by atoms with Crippen LogP contribution in [0, 0.1) is 0 Å². The molecule has 1 aliphatic rings. The van der Waals surface area contributed by atoms with Crippen molar-refractivity contribution in [3.8, 4) is 5.75 Å². The molecule has 8 nitrogen and oxygen atoms in total. The maximum Gasteiger partial charge on any atom is 0.339 e. The lowest BCUT2D eigenvalue weighted by molar-refractivity contribution is -0.143. The second-order valence-electron chi connectivity index (χ2n) is 6.70. The Kier molecular flexibility index (Phi) is 6.20. The molecule has 0 saturated carbocycles. The Morgan fingerprint density at radius 1 is 1.04 bits per heavy atom. The Balaban J connectivity index is 2.30. The van der Waals surface area contributed by atoms with E-state index in [0.717, 1.165) is 4.90 Å². The zero-order valence-corrected chi connectivity index (χ0v) is 16.3. The molecule has 8 heteroatoms. The van der Waals surface area contributed by atoms with Crippen LogP contribution in [0.15, 0.2) is 24.3 Å². The van der Waals surface area contributed by atoms with Gasteiger partial charge in [0, 0.05) is 12.1 Å².